The molecule has 0 aromatic heterocycles. The first-order valence-electron chi connectivity index (χ1n) is 17.4. The molecular weight excluding hydrogens is 580 g/mol. The summed E-state index contributed by atoms with van der Waals surface area (Å²) in [6.45, 7) is 14.0. The Kier molecular flexibility index (Phi) is 7.82. The van der Waals surface area contributed by atoms with Crippen LogP contribution in [-0.4, -0.2) is 45.1 Å². The average Bonchev–Trinajstić information content (AvgIpc) is 2.99. The smallest absolute Gasteiger partial charge is 0.331 e. The highest BCUT2D eigenvalue weighted by molar-refractivity contribution is 5.87. The second-order valence-electron chi connectivity index (χ2n) is 17.4. The number of carbonyl (C=O) groups excluding carboxylic acids is 1. The van der Waals surface area contributed by atoms with Crippen LogP contribution in [0.1, 0.15) is 111 Å². The van der Waals surface area contributed by atoms with E-state index in [0.717, 1.165) is 57.8 Å². The molecule has 0 heterocycles. The Bertz CT molecular complexity index is 1480. The number of phenolic OH excluding ortho intramolecular Hbond substituents is 2. The number of carboxylic acid groups (broad SMARTS) is 1. The number of carboxylic acids is 1. The lowest BCUT2D eigenvalue weighted by Gasteiger charge is -2.71. The average molecular weight is 635 g/mol. The van der Waals surface area contributed by atoms with Crippen molar-refractivity contribution in [3.63, 3.8) is 0 Å². The molecule has 1 aromatic carbocycles. The lowest BCUT2D eigenvalue weighted by atomic mass is 9.33. The molecule has 0 spiro atoms. The van der Waals surface area contributed by atoms with E-state index in [1.54, 1.807) is 12.1 Å². The number of ether oxygens (including phenoxy) is 1. The van der Waals surface area contributed by atoms with Crippen LogP contribution in [0.2, 0.25) is 0 Å². The monoisotopic (exact) mass is 634 g/mol. The van der Waals surface area contributed by atoms with Crippen LogP contribution in [0.4, 0.5) is 0 Å². The largest absolute Gasteiger partial charge is 0.504 e. The third kappa shape index (κ3) is 4.69. The number of aliphatic carboxylic acids is 1. The number of aromatic hydroxyl groups is 2. The zero-order chi connectivity index (χ0) is 33.5. The van der Waals surface area contributed by atoms with E-state index in [4.69, 9.17) is 4.74 Å². The van der Waals surface area contributed by atoms with Gasteiger partial charge in [-0.25, -0.2) is 4.79 Å². The first-order chi connectivity index (χ1) is 21.5. The Morgan fingerprint density at radius 2 is 1.63 bits per heavy atom. The number of carbonyl (C=O) groups is 2. The van der Waals surface area contributed by atoms with Crippen molar-refractivity contribution in [1.29, 1.82) is 0 Å². The molecule has 9 atom stereocenters. The highest BCUT2D eigenvalue weighted by Gasteiger charge is 2.70. The van der Waals surface area contributed by atoms with Crippen LogP contribution in [0, 0.1) is 50.2 Å². The van der Waals surface area contributed by atoms with Crippen LogP contribution in [0.5, 0.6) is 11.5 Å². The molecule has 4 fully saturated rings. The summed E-state index contributed by atoms with van der Waals surface area (Å²) in [6, 6.07) is 4.36. The van der Waals surface area contributed by atoms with E-state index >= 15 is 0 Å². The fourth-order valence-corrected chi connectivity index (χ4v) is 11.8. The summed E-state index contributed by atoms with van der Waals surface area (Å²) in [5.74, 6) is -0.948. The molecule has 0 aliphatic heterocycles. The molecule has 0 saturated heterocycles. The molecule has 6 rings (SSSR count). The van der Waals surface area contributed by atoms with Gasteiger partial charge in [-0.3, -0.25) is 4.79 Å². The van der Waals surface area contributed by atoms with Crippen LogP contribution in [0.3, 0.4) is 0 Å². The summed E-state index contributed by atoms with van der Waals surface area (Å²) in [4.78, 5) is 26.0. The molecule has 4 N–H and O–H groups in total. The Balaban J connectivity index is 1.27. The Labute approximate surface area is 274 Å². The summed E-state index contributed by atoms with van der Waals surface area (Å²) >= 11 is 0. The van der Waals surface area contributed by atoms with Crippen molar-refractivity contribution < 1.29 is 34.8 Å². The number of fused-ring (bicyclic) bond motifs is 7. The number of rotatable bonds is 5. The van der Waals surface area contributed by atoms with Crippen molar-refractivity contribution in [2.24, 2.45) is 50.2 Å². The van der Waals surface area contributed by atoms with Gasteiger partial charge in [-0.15, -0.1) is 0 Å². The van der Waals surface area contributed by atoms with Gasteiger partial charge in [0.15, 0.2) is 11.5 Å². The molecule has 0 amide bonds. The number of aliphatic hydroxyl groups is 1. The van der Waals surface area contributed by atoms with Crippen LogP contribution in [-0.2, 0) is 14.3 Å². The number of hydrogen-bond donors (Lipinski definition) is 4. The molecule has 7 nitrogen and oxygen atoms in total. The first kappa shape index (κ1) is 33.1. The number of aliphatic hydroxyl groups excluding tert-OH is 1. The van der Waals surface area contributed by atoms with Gasteiger partial charge >= 0.3 is 11.9 Å². The topological polar surface area (TPSA) is 124 Å². The predicted molar refractivity (Wildman–Crippen MR) is 177 cm³/mol. The van der Waals surface area contributed by atoms with Crippen LogP contribution in [0.15, 0.2) is 35.9 Å². The molecule has 7 heteroatoms. The zero-order valence-electron chi connectivity index (χ0n) is 28.6. The van der Waals surface area contributed by atoms with E-state index < -0.39 is 28.9 Å². The summed E-state index contributed by atoms with van der Waals surface area (Å²) in [6.07, 6.45) is 13.7. The fraction of sp³-hybridized carbons (Fsp3) is 0.692. The van der Waals surface area contributed by atoms with E-state index in [-0.39, 0.29) is 51.6 Å². The van der Waals surface area contributed by atoms with E-state index in [1.807, 2.05) is 0 Å². The summed E-state index contributed by atoms with van der Waals surface area (Å²) in [7, 11) is 0. The highest BCUT2D eigenvalue weighted by Crippen LogP contribution is 2.75. The molecule has 252 valence electrons. The molecule has 0 radical (unpaired) electrons. The maximum Gasteiger partial charge on any atom is 0.331 e. The Morgan fingerprint density at radius 1 is 0.913 bits per heavy atom. The first-order valence-corrected chi connectivity index (χ1v) is 17.4. The van der Waals surface area contributed by atoms with E-state index in [0.29, 0.717) is 17.9 Å². The normalized spacial score (nSPS) is 43.0. The number of hydrogen-bond acceptors (Lipinski definition) is 6. The van der Waals surface area contributed by atoms with E-state index in [1.165, 1.54) is 23.8 Å². The van der Waals surface area contributed by atoms with Crippen molar-refractivity contribution in [2.75, 3.05) is 6.61 Å². The minimum atomic E-state index is -0.653. The molecular formula is C39H54O7. The maximum atomic E-state index is 13.0. The summed E-state index contributed by atoms with van der Waals surface area (Å²) in [5.41, 5.74) is 0.724. The quantitative estimate of drug-likeness (QED) is 0.112. The molecule has 0 bridgehead atoms. The zero-order valence-corrected chi connectivity index (χ0v) is 28.6. The predicted octanol–water partition coefficient (Wildman–Crippen LogP) is 7.88. The summed E-state index contributed by atoms with van der Waals surface area (Å²) < 4.78 is 6.08. The number of allylic oxidation sites excluding steroid dienone is 2. The van der Waals surface area contributed by atoms with Crippen LogP contribution in [0.25, 0.3) is 6.08 Å². The second-order valence-corrected chi connectivity index (χ2v) is 17.4. The van der Waals surface area contributed by atoms with Gasteiger partial charge < -0.3 is 25.2 Å². The van der Waals surface area contributed by atoms with Crippen molar-refractivity contribution in [3.05, 3.63) is 41.5 Å². The van der Waals surface area contributed by atoms with Gasteiger partial charge in [0, 0.05) is 11.5 Å². The molecule has 5 aliphatic rings. The summed E-state index contributed by atoms with van der Waals surface area (Å²) in [5, 5.41) is 41.0. The standard InChI is InChI=1S/C39H54O7/c1-34(2)17-19-39(33(44)45)20-18-37(5)25(26(39)22-34)9-11-30-35(3)15-14-31(36(4,23-40)29(35)13-16-38(30,37)6)46-32(43)12-8-24-7-10-27(41)28(42)21-24/h7-10,12,21,26,29-31,40-42H,11,13-20,22-23H2,1-6H3,(H,44,45)/b12-8+/t26-,29-,30-,31+,35+,36+,37-,38-,39+/m1/s1. The Hall–Kier alpha value is -2.80. The molecule has 4 saturated carbocycles. The lowest BCUT2D eigenvalue weighted by molar-refractivity contribution is -0.223. The van der Waals surface area contributed by atoms with Crippen LogP contribution >= 0.6 is 0 Å². The minimum absolute atomic E-state index is 0.00683. The van der Waals surface area contributed by atoms with Gasteiger partial charge in [-0.05, 0) is 127 Å². The molecule has 5 aliphatic carbocycles. The maximum absolute atomic E-state index is 13.0. The highest BCUT2D eigenvalue weighted by atomic mass is 16.5. The minimum Gasteiger partial charge on any atom is -0.504 e. The Morgan fingerprint density at radius 3 is 2.30 bits per heavy atom. The fourth-order valence-electron chi connectivity index (χ4n) is 11.8. The lowest BCUT2D eigenvalue weighted by Crippen LogP contribution is -2.66. The van der Waals surface area contributed by atoms with Crippen molar-refractivity contribution in [3.8, 4) is 11.5 Å². The van der Waals surface area contributed by atoms with Crippen molar-refractivity contribution >= 4 is 18.0 Å². The number of phenols is 2. The van der Waals surface area contributed by atoms with Gasteiger partial charge in [0.05, 0.1) is 12.0 Å². The van der Waals surface area contributed by atoms with Gasteiger partial charge in [0.1, 0.15) is 6.10 Å². The van der Waals surface area contributed by atoms with E-state index in [2.05, 4.69) is 47.6 Å². The number of benzene rings is 1. The second kappa shape index (κ2) is 10.9. The van der Waals surface area contributed by atoms with Gasteiger partial charge in [0.2, 0.25) is 0 Å². The third-order valence-electron chi connectivity index (χ3n) is 14.8. The molecule has 1 aromatic rings. The SMILES string of the molecule is CC1(C)CC[C@]2(C(=O)O)CC[C@]3(C)C(=CC[C@@H]4[C@@]5(C)CC[C@H](OC(=O)/C=C/c6ccc(O)c(O)c6)[C@@](C)(CO)[C@@H]5CC[C@]43C)[C@H]2C1. The number of esters is 1. The molecule has 0 unspecified atom stereocenters. The van der Waals surface area contributed by atoms with E-state index in [9.17, 15) is 30.0 Å². The van der Waals surface area contributed by atoms with Gasteiger partial charge in [0.25, 0.3) is 0 Å². The van der Waals surface area contributed by atoms with Gasteiger partial charge in [-0.1, -0.05) is 59.3 Å². The van der Waals surface area contributed by atoms with Gasteiger partial charge in [-0.2, -0.15) is 0 Å². The van der Waals surface area contributed by atoms with Crippen LogP contribution < -0.4 is 0 Å². The third-order valence-corrected chi connectivity index (χ3v) is 14.8. The van der Waals surface area contributed by atoms with Crippen molar-refractivity contribution in [1.82, 2.24) is 0 Å². The molecule has 46 heavy (non-hydrogen) atoms. The van der Waals surface area contributed by atoms with Crippen molar-refractivity contribution in [2.45, 2.75) is 112 Å².